The summed E-state index contributed by atoms with van der Waals surface area (Å²) in [5.41, 5.74) is 7.88. The second-order valence-corrected chi connectivity index (χ2v) is 6.10. The van der Waals surface area contributed by atoms with Crippen LogP contribution in [0.2, 0.25) is 10.0 Å². The molecule has 4 heteroatoms. The lowest BCUT2D eigenvalue weighted by molar-refractivity contribution is 0.0342. The van der Waals surface area contributed by atoms with E-state index in [9.17, 15) is 5.11 Å². The molecule has 1 aliphatic rings. The molecule has 0 aromatic heterocycles. The van der Waals surface area contributed by atoms with Gasteiger partial charge >= 0.3 is 0 Å². The molecule has 0 aliphatic heterocycles. The molecule has 0 fully saturated rings. The van der Waals surface area contributed by atoms with Crippen molar-refractivity contribution in [2.75, 3.05) is 0 Å². The third kappa shape index (κ3) is 2.23. The average Bonchev–Trinajstić information content (AvgIpc) is 2.68. The number of fused-ring (bicyclic) bond motifs is 1. The van der Waals surface area contributed by atoms with Crippen LogP contribution in [0.4, 0.5) is 0 Å². The molecule has 0 amide bonds. The highest BCUT2D eigenvalue weighted by Crippen LogP contribution is 2.45. The van der Waals surface area contributed by atoms with Crippen molar-refractivity contribution in [2.45, 2.75) is 24.5 Å². The largest absolute Gasteiger partial charge is 0.385 e. The van der Waals surface area contributed by atoms with E-state index in [1.165, 1.54) is 0 Å². The fourth-order valence-corrected chi connectivity index (χ4v) is 3.38. The molecule has 0 saturated heterocycles. The van der Waals surface area contributed by atoms with Crippen molar-refractivity contribution in [3.63, 3.8) is 0 Å². The Hall–Kier alpha value is -1.06. The number of aliphatic hydroxyl groups is 1. The van der Waals surface area contributed by atoms with Gasteiger partial charge in [0, 0.05) is 12.5 Å². The molecule has 104 valence electrons. The summed E-state index contributed by atoms with van der Waals surface area (Å²) in [7, 11) is 0. The van der Waals surface area contributed by atoms with Gasteiger partial charge in [0.2, 0.25) is 0 Å². The molecule has 2 nitrogen and oxygen atoms in total. The van der Waals surface area contributed by atoms with E-state index in [4.69, 9.17) is 28.9 Å². The minimum Gasteiger partial charge on any atom is -0.385 e. The van der Waals surface area contributed by atoms with Crippen molar-refractivity contribution < 1.29 is 5.11 Å². The van der Waals surface area contributed by atoms with Gasteiger partial charge in [-0.3, -0.25) is 0 Å². The van der Waals surface area contributed by atoms with E-state index in [0.717, 1.165) is 16.7 Å². The predicted octanol–water partition coefficient (Wildman–Crippen LogP) is 3.83. The summed E-state index contributed by atoms with van der Waals surface area (Å²) < 4.78 is 0. The molecule has 2 aromatic carbocycles. The van der Waals surface area contributed by atoms with E-state index in [2.05, 4.69) is 0 Å². The Labute approximate surface area is 128 Å². The first-order valence-electron chi connectivity index (χ1n) is 6.51. The van der Waals surface area contributed by atoms with Gasteiger partial charge in [-0.1, -0.05) is 59.6 Å². The summed E-state index contributed by atoms with van der Waals surface area (Å²) in [5, 5.41) is 12.0. The van der Waals surface area contributed by atoms with Crippen molar-refractivity contribution >= 4 is 23.2 Å². The number of rotatable bonds is 2. The average molecular weight is 308 g/mol. The van der Waals surface area contributed by atoms with Gasteiger partial charge in [-0.15, -0.1) is 0 Å². The molecule has 0 spiro atoms. The molecule has 2 atom stereocenters. The van der Waals surface area contributed by atoms with Gasteiger partial charge in [-0.05, 0) is 29.2 Å². The van der Waals surface area contributed by atoms with Gasteiger partial charge in [0.25, 0.3) is 0 Å². The quantitative estimate of drug-likeness (QED) is 0.886. The first kappa shape index (κ1) is 13.9. The molecular formula is C16H15Cl2NO. The van der Waals surface area contributed by atoms with E-state index in [1.54, 1.807) is 6.07 Å². The molecule has 0 radical (unpaired) electrons. The van der Waals surface area contributed by atoms with E-state index >= 15 is 0 Å². The molecule has 2 aromatic rings. The first-order valence-corrected chi connectivity index (χ1v) is 7.27. The zero-order chi connectivity index (χ0) is 14.3. The first-order chi connectivity index (χ1) is 9.51. The predicted molar refractivity (Wildman–Crippen MR) is 82.1 cm³/mol. The lowest BCUT2D eigenvalue weighted by Crippen LogP contribution is -2.26. The van der Waals surface area contributed by atoms with Crippen LogP contribution in [-0.4, -0.2) is 5.11 Å². The molecule has 20 heavy (non-hydrogen) atoms. The zero-order valence-electron chi connectivity index (χ0n) is 10.8. The molecule has 0 saturated carbocycles. The highest BCUT2D eigenvalue weighted by atomic mass is 35.5. The van der Waals surface area contributed by atoms with Crippen LogP contribution in [0.5, 0.6) is 0 Å². The second-order valence-electron chi connectivity index (χ2n) is 5.32. The Morgan fingerprint density at radius 2 is 1.90 bits per heavy atom. The molecule has 2 unspecified atom stereocenters. The Morgan fingerprint density at radius 3 is 2.70 bits per heavy atom. The van der Waals surface area contributed by atoms with Crippen LogP contribution in [0, 0.1) is 0 Å². The summed E-state index contributed by atoms with van der Waals surface area (Å²) in [6.07, 6.45) is 0.909. The summed E-state index contributed by atoms with van der Waals surface area (Å²) in [6, 6.07) is 13.1. The van der Waals surface area contributed by atoms with E-state index in [-0.39, 0.29) is 6.04 Å². The fraction of sp³-hybridized carbons (Fsp3) is 0.250. The van der Waals surface area contributed by atoms with Crippen LogP contribution in [0.3, 0.4) is 0 Å². The molecule has 3 N–H and O–H groups in total. The number of hydrogen-bond donors (Lipinski definition) is 2. The van der Waals surface area contributed by atoms with Crippen LogP contribution in [-0.2, 0) is 12.0 Å². The minimum atomic E-state index is -0.982. The van der Waals surface area contributed by atoms with Crippen molar-refractivity contribution in [1.82, 2.24) is 0 Å². The molecule has 0 heterocycles. The highest BCUT2D eigenvalue weighted by Gasteiger charge is 2.41. The summed E-state index contributed by atoms with van der Waals surface area (Å²) in [4.78, 5) is 0. The van der Waals surface area contributed by atoms with Gasteiger partial charge in [0.15, 0.2) is 0 Å². The van der Waals surface area contributed by atoms with Crippen molar-refractivity contribution in [2.24, 2.45) is 5.73 Å². The van der Waals surface area contributed by atoms with Crippen LogP contribution < -0.4 is 5.73 Å². The molecule has 1 aliphatic carbocycles. The number of halogens is 2. The summed E-state index contributed by atoms with van der Waals surface area (Å²) >= 11 is 12.3. The number of hydrogen-bond acceptors (Lipinski definition) is 2. The topological polar surface area (TPSA) is 46.2 Å². The Bertz CT molecular complexity index is 659. The highest BCUT2D eigenvalue weighted by molar-refractivity contribution is 6.42. The van der Waals surface area contributed by atoms with Crippen molar-refractivity contribution in [3.05, 3.63) is 69.2 Å². The fourth-order valence-electron chi connectivity index (χ4n) is 3.00. The smallest absolute Gasteiger partial charge is 0.0958 e. The van der Waals surface area contributed by atoms with Crippen molar-refractivity contribution in [1.29, 1.82) is 0 Å². The standard InChI is InChI=1S/C16H15Cl2NO/c17-13-7-3-4-10(15(13)18)8-16(20)9-14(19)11-5-1-2-6-12(11)16/h1-7,14,20H,8-9,19H2. The van der Waals surface area contributed by atoms with Crippen LogP contribution in [0.25, 0.3) is 0 Å². The lowest BCUT2D eigenvalue weighted by Gasteiger charge is -2.25. The van der Waals surface area contributed by atoms with Crippen molar-refractivity contribution in [3.8, 4) is 0 Å². The van der Waals surface area contributed by atoms with Crippen LogP contribution in [0.15, 0.2) is 42.5 Å². The minimum absolute atomic E-state index is 0.144. The number of benzene rings is 2. The van der Waals surface area contributed by atoms with Gasteiger partial charge < -0.3 is 10.8 Å². The van der Waals surface area contributed by atoms with Crippen LogP contribution >= 0.6 is 23.2 Å². The third-order valence-electron chi connectivity index (χ3n) is 3.93. The Morgan fingerprint density at radius 1 is 1.15 bits per heavy atom. The van der Waals surface area contributed by atoms with Gasteiger partial charge in [0.1, 0.15) is 0 Å². The summed E-state index contributed by atoms with van der Waals surface area (Å²) in [6.45, 7) is 0. The molecular weight excluding hydrogens is 293 g/mol. The summed E-state index contributed by atoms with van der Waals surface area (Å²) in [5.74, 6) is 0. The third-order valence-corrected chi connectivity index (χ3v) is 4.79. The maximum atomic E-state index is 11.0. The monoisotopic (exact) mass is 307 g/mol. The molecule has 3 rings (SSSR count). The van der Waals surface area contributed by atoms with E-state index < -0.39 is 5.60 Å². The van der Waals surface area contributed by atoms with E-state index in [0.29, 0.717) is 22.9 Å². The normalized spacial score (nSPS) is 24.7. The van der Waals surface area contributed by atoms with Gasteiger partial charge in [-0.25, -0.2) is 0 Å². The zero-order valence-corrected chi connectivity index (χ0v) is 12.3. The molecule has 0 bridgehead atoms. The van der Waals surface area contributed by atoms with E-state index in [1.807, 2.05) is 36.4 Å². The Balaban J connectivity index is 2.01. The van der Waals surface area contributed by atoms with Gasteiger partial charge in [-0.2, -0.15) is 0 Å². The lowest BCUT2D eigenvalue weighted by atomic mass is 9.88. The maximum absolute atomic E-state index is 11.0. The second kappa shape index (κ2) is 5.05. The Kier molecular flexibility index (Phi) is 3.51. The SMILES string of the molecule is NC1CC(O)(Cc2cccc(Cl)c2Cl)c2ccccc21. The maximum Gasteiger partial charge on any atom is 0.0958 e. The van der Waals surface area contributed by atoms with Gasteiger partial charge in [0.05, 0.1) is 15.6 Å². The van der Waals surface area contributed by atoms with Crippen LogP contribution in [0.1, 0.15) is 29.2 Å². The number of nitrogens with two attached hydrogens (primary N) is 1.